The molecule has 0 atom stereocenters. The first kappa shape index (κ1) is 12.7. The fourth-order valence-corrected chi connectivity index (χ4v) is 1.60. The van der Waals surface area contributed by atoms with Gasteiger partial charge in [-0.25, -0.2) is 4.68 Å². The molecule has 0 unspecified atom stereocenters. The predicted octanol–water partition coefficient (Wildman–Crippen LogP) is -0.204. The van der Waals surface area contributed by atoms with Crippen molar-refractivity contribution >= 4 is 0 Å². The lowest BCUT2D eigenvalue weighted by Crippen LogP contribution is -2.18. The first-order valence-corrected chi connectivity index (χ1v) is 5.85. The van der Waals surface area contributed by atoms with E-state index < -0.39 is 0 Å². The zero-order valence-corrected chi connectivity index (χ0v) is 10.7. The van der Waals surface area contributed by atoms with Crippen LogP contribution in [0.2, 0.25) is 0 Å². The van der Waals surface area contributed by atoms with Gasteiger partial charge in [-0.15, -0.1) is 5.10 Å². The fraction of sp³-hybridized carbons (Fsp3) is 0.545. The van der Waals surface area contributed by atoms with Crippen LogP contribution in [0.3, 0.4) is 0 Å². The number of aromatic nitrogens is 5. The minimum atomic E-state index is 0.645. The van der Waals surface area contributed by atoms with Crippen molar-refractivity contribution in [3.63, 3.8) is 0 Å². The Bertz CT molecular complexity index is 477. The number of rotatable bonds is 7. The number of methoxy groups -OCH3 is 1. The van der Waals surface area contributed by atoms with Crippen LogP contribution < -0.4 is 5.32 Å². The van der Waals surface area contributed by atoms with Gasteiger partial charge in [-0.05, 0) is 6.07 Å². The van der Waals surface area contributed by atoms with Gasteiger partial charge < -0.3 is 10.1 Å². The highest BCUT2D eigenvalue weighted by molar-refractivity contribution is 5.00. The zero-order chi connectivity index (χ0) is 12.8. The van der Waals surface area contributed by atoms with E-state index in [1.165, 1.54) is 0 Å². The zero-order valence-electron chi connectivity index (χ0n) is 10.7. The molecule has 2 aromatic rings. The molecule has 0 aliphatic heterocycles. The number of aryl methyl sites for hydroxylation is 1. The molecular weight excluding hydrogens is 232 g/mol. The van der Waals surface area contributed by atoms with E-state index in [0.717, 1.165) is 17.9 Å². The normalized spacial score (nSPS) is 11.0. The molecule has 0 bridgehead atoms. The second-order valence-electron chi connectivity index (χ2n) is 4.06. The molecular formula is C11H18N6O. The molecule has 0 aromatic carbocycles. The lowest BCUT2D eigenvalue weighted by atomic mass is 10.4. The number of hydrogen-bond acceptors (Lipinski definition) is 5. The highest BCUT2D eigenvalue weighted by Crippen LogP contribution is 1.99. The monoisotopic (exact) mass is 250 g/mol. The summed E-state index contributed by atoms with van der Waals surface area (Å²) in [4.78, 5) is 0. The summed E-state index contributed by atoms with van der Waals surface area (Å²) in [6.07, 6.45) is 3.84. The Hall–Kier alpha value is -1.73. The summed E-state index contributed by atoms with van der Waals surface area (Å²) in [7, 11) is 3.58. The van der Waals surface area contributed by atoms with E-state index in [1.54, 1.807) is 16.5 Å². The minimum Gasteiger partial charge on any atom is -0.383 e. The Morgan fingerprint density at radius 1 is 1.39 bits per heavy atom. The van der Waals surface area contributed by atoms with E-state index in [-0.39, 0.29) is 0 Å². The van der Waals surface area contributed by atoms with E-state index >= 15 is 0 Å². The molecule has 0 saturated heterocycles. The second-order valence-corrected chi connectivity index (χ2v) is 4.06. The maximum Gasteiger partial charge on any atom is 0.0965 e. The predicted molar refractivity (Wildman–Crippen MR) is 65.9 cm³/mol. The molecule has 0 fully saturated rings. The van der Waals surface area contributed by atoms with Crippen molar-refractivity contribution in [1.82, 2.24) is 30.1 Å². The van der Waals surface area contributed by atoms with Gasteiger partial charge in [0.1, 0.15) is 0 Å². The van der Waals surface area contributed by atoms with Crippen molar-refractivity contribution in [3.05, 3.63) is 29.8 Å². The summed E-state index contributed by atoms with van der Waals surface area (Å²) in [6.45, 7) is 2.85. The van der Waals surface area contributed by atoms with E-state index in [1.807, 2.05) is 25.5 Å². The fourth-order valence-electron chi connectivity index (χ4n) is 1.60. The van der Waals surface area contributed by atoms with E-state index in [0.29, 0.717) is 19.7 Å². The third kappa shape index (κ3) is 3.64. The Kier molecular flexibility index (Phi) is 4.43. The highest BCUT2D eigenvalue weighted by Gasteiger charge is 2.03. The topological polar surface area (TPSA) is 69.8 Å². The molecule has 2 aromatic heterocycles. The van der Waals surface area contributed by atoms with Crippen molar-refractivity contribution < 1.29 is 4.74 Å². The van der Waals surface area contributed by atoms with Crippen LogP contribution in [0.25, 0.3) is 0 Å². The van der Waals surface area contributed by atoms with Crippen molar-refractivity contribution in [2.45, 2.75) is 13.1 Å². The standard InChI is InChI=1S/C11H18N6O/c1-16-5-3-10(14-16)8-17-9-11(13-15-17)7-12-4-6-18-2/h3,5,9,12H,4,6-8H2,1-2H3. The molecule has 7 heteroatoms. The molecule has 7 nitrogen and oxygen atoms in total. The molecule has 2 heterocycles. The molecule has 0 saturated carbocycles. The molecule has 1 N–H and O–H groups in total. The van der Waals surface area contributed by atoms with Crippen LogP contribution in [0.4, 0.5) is 0 Å². The average molecular weight is 250 g/mol. The Morgan fingerprint density at radius 3 is 3.00 bits per heavy atom. The lowest BCUT2D eigenvalue weighted by molar-refractivity contribution is 0.199. The summed E-state index contributed by atoms with van der Waals surface area (Å²) < 4.78 is 8.52. The van der Waals surface area contributed by atoms with Crippen LogP contribution in [-0.4, -0.2) is 45.0 Å². The molecule has 2 rings (SSSR count). The summed E-state index contributed by atoms with van der Waals surface area (Å²) >= 11 is 0. The Morgan fingerprint density at radius 2 is 2.28 bits per heavy atom. The molecule has 0 aliphatic rings. The lowest BCUT2D eigenvalue weighted by Gasteiger charge is -1.99. The van der Waals surface area contributed by atoms with Crippen molar-refractivity contribution in [3.8, 4) is 0 Å². The van der Waals surface area contributed by atoms with E-state index in [4.69, 9.17) is 4.74 Å². The smallest absolute Gasteiger partial charge is 0.0965 e. The van der Waals surface area contributed by atoms with Gasteiger partial charge in [-0.2, -0.15) is 5.10 Å². The average Bonchev–Trinajstić information content (AvgIpc) is 2.95. The van der Waals surface area contributed by atoms with Crippen LogP contribution in [-0.2, 0) is 24.9 Å². The minimum absolute atomic E-state index is 0.645. The van der Waals surface area contributed by atoms with Gasteiger partial charge in [0.15, 0.2) is 0 Å². The molecule has 18 heavy (non-hydrogen) atoms. The first-order chi connectivity index (χ1) is 8.78. The van der Waals surface area contributed by atoms with E-state index in [9.17, 15) is 0 Å². The van der Waals surface area contributed by atoms with Gasteiger partial charge in [-0.3, -0.25) is 4.68 Å². The quantitative estimate of drug-likeness (QED) is 0.689. The van der Waals surface area contributed by atoms with Gasteiger partial charge in [0.05, 0.1) is 30.7 Å². The molecule has 0 aliphatic carbocycles. The SMILES string of the molecule is COCCNCc1cn(Cc2ccn(C)n2)nn1. The van der Waals surface area contributed by atoms with Gasteiger partial charge in [0.2, 0.25) is 0 Å². The maximum absolute atomic E-state index is 4.95. The number of ether oxygens (including phenoxy) is 1. The van der Waals surface area contributed by atoms with Crippen LogP contribution in [0.15, 0.2) is 18.5 Å². The van der Waals surface area contributed by atoms with E-state index in [2.05, 4.69) is 20.7 Å². The third-order valence-corrected chi connectivity index (χ3v) is 2.47. The Labute approximate surface area is 106 Å². The Balaban J connectivity index is 1.82. The van der Waals surface area contributed by atoms with Crippen molar-refractivity contribution in [2.75, 3.05) is 20.3 Å². The first-order valence-electron chi connectivity index (χ1n) is 5.85. The van der Waals surface area contributed by atoms with Gasteiger partial charge in [0.25, 0.3) is 0 Å². The third-order valence-electron chi connectivity index (χ3n) is 2.47. The van der Waals surface area contributed by atoms with Crippen LogP contribution >= 0.6 is 0 Å². The maximum atomic E-state index is 4.95. The highest BCUT2D eigenvalue weighted by atomic mass is 16.5. The molecule has 98 valence electrons. The molecule has 0 amide bonds. The summed E-state index contributed by atoms with van der Waals surface area (Å²) in [5, 5.41) is 15.7. The van der Waals surface area contributed by atoms with Crippen LogP contribution in [0.5, 0.6) is 0 Å². The van der Waals surface area contributed by atoms with Crippen LogP contribution in [0.1, 0.15) is 11.4 Å². The van der Waals surface area contributed by atoms with Gasteiger partial charge >= 0.3 is 0 Å². The number of nitrogens with zero attached hydrogens (tertiary/aromatic N) is 5. The largest absolute Gasteiger partial charge is 0.383 e. The molecule has 0 spiro atoms. The second kappa shape index (κ2) is 6.27. The van der Waals surface area contributed by atoms with Crippen LogP contribution in [0, 0.1) is 0 Å². The molecule has 0 radical (unpaired) electrons. The summed E-state index contributed by atoms with van der Waals surface area (Å²) in [5.74, 6) is 0. The number of hydrogen-bond donors (Lipinski definition) is 1. The van der Waals surface area contributed by atoms with Crippen molar-refractivity contribution in [1.29, 1.82) is 0 Å². The van der Waals surface area contributed by atoms with Gasteiger partial charge in [0, 0.05) is 33.4 Å². The van der Waals surface area contributed by atoms with Gasteiger partial charge in [-0.1, -0.05) is 5.21 Å². The van der Waals surface area contributed by atoms with Crippen molar-refractivity contribution in [2.24, 2.45) is 7.05 Å². The summed E-state index contributed by atoms with van der Waals surface area (Å²) in [5.41, 5.74) is 1.89. The summed E-state index contributed by atoms with van der Waals surface area (Å²) in [6, 6.07) is 1.97. The number of nitrogens with one attached hydrogen (secondary N) is 1.